The van der Waals surface area contributed by atoms with Gasteiger partial charge in [0.25, 0.3) is 5.56 Å². The summed E-state index contributed by atoms with van der Waals surface area (Å²) in [7, 11) is 0. The van der Waals surface area contributed by atoms with Crippen LogP contribution >= 0.6 is 0 Å². The second-order valence-electron chi connectivity index (χ2n) is 6.64. The fraction of sp³-hybridized carbons (Fsp3) is 0.500. The predicted molar refractivity (Wildman–Crippen MR) is 85.9 cm³/mol. The summed E-state index contributed by atoms with van der Waals surface area (Å²) in [5.41, 5.74) is 2.41. The second kappa shape index (κ2) is 4.99. The number of hydrogen-bond donors (Lipinski definition) is 1. The first-order valence-corrected chi connectivity index (χ1v) is 8.09. The second-order valence-corrected chi connectivity index (χ2v) is 6.64. The summed E-state index contributed by atoms with van der Waals surface area (Å²) in [6.07, 6.45) is 5.04. The zero-order valence-corrected chi connectivity index (χ0v) is 12.6. The summed E-state index contributed by atoms with van der Waals surface area (Å²) in [5, 5.41) is 1.93. The van der Waals surface area contributed by atoms with Gasteiger partial charge in [0.15, 0.2) is 0 Å². The molecule has 2 aliphatic rings. The first-order chi connectivity index (χ1) is 10.2. The fourth-order valence-electron chi connectivity index (χ4n) is 4.19. The highest BCUT2D eigenvalue weighted by Crippen LogP contribution is 2.35. The summed E-state index contributed by atoms with van der Waals surface area (Å²) in [5.74, 6) is 0.515. The van der Waals surface area contributed by atoms with Gasteiger partial charge in [0.1, 0.15) is 0 Å². The molecule has 3 heteroatoms. The van der Waals surface area contributed by atoms with Gasteiger partial charge in [-0.25, -0.2) is 0 Å². The van der Waals surface area contributed by atoms with Gasteiger partial charge < -0.3 is 9.88 Å². The molecule has 1 unspecified atom stereocenters. The Morgan fingerprint density at radius 2 is 2.10 bits per heavy atom. The van der Waals surface area contributed by atoms with Gasteiger partial charge in [-0.15, -0.1) is 0 Å². The number of piperidine rings is 1. The molecule has 2 aromatic rings. The molecule has 3 nitrogen and oxygen atoms in total. The summed E-state index contributed by atoms with van der Waals surface area (Å²) in [4.78, 5) is 18.1. The van der Waals surface area contributed by atoms with Gasteiger partial charge in [0, 0.05) is 23.0 Å². The highest BCUT2D eigenvalue weighted by Gasteiger charge is 2.32. The Labute approximate surface area is 125 Å². The number of nitrogens with one attached hydrogen (secondary N) is 1. The molecule has 0 bridgehead atoms. The van der Waals surface area contributed by atoms with Crippen LogP contribution in [0, 0.1) is 6.92 Å². The Hall–Kier alpha value is -1.61. The van der Waals surface area contributed by atoms with Crippen LogP contribution in [0.5, 0.6) is 0 Å². The van der Waals surface area contributed by atoms with Gasteiger partial charge >= 0.3 is 0 Å². The van der Waals surface area contributed by atoms with Crippen LogP contribution in [0.4, 0.5) is 0 Å². The van der Waals surface area contributed by atoms with E-state index in [1.54, 1.807) is 0 Å². The van der Waals surface area contributed by atoms with Crippen molar-refractivity contribution in [3.05, 3.63) is 45.9 Å². The molecule has 1 aromatic heterocycles. The summed E-state index contributed by atoms with van der Waals surface area (Å²) >= 11 is 0. The standard InChI is InChI=1S/C18H22N2O/c1-12-4-2-6-15-16(12)11-17(19-18(15)21)13-7-9-20-8-3-5-14(20)10-13/h2,4,6,11,13-14H,3,5,7-10H2,1H3,(H,19,21)/t13-,14?/m1/s1. The van der Waals surface area contributed by atoms with Crippen LogP contribution in [-0.2, 0) is 0 Å². The molecular weight excluding hydrogens is 260 g/mol. The van der Waals surface area contributed by atoms with Gasteiger partial charge in [0.2, 0.25) is 0 Å². The van der Waals surface area contributed by atoms with E-state index in [9.17, 15) is 4.79 Å². The van der Waals surface area contributed by atoms with Crippen molar-refractivity contribution in [3.8, 4) is 0 Å². The van der Waals surface area contributed by atoms with Crippen molar-refractivity contribution in [1.82, 2.24) is 9.88 Å². The van der Waals surface area contributed by atoms with E-state index in [0.717, 1.165) is 22.5 Å². The molecule has 0 radical (unpaired) electrons. The van der Waals surface area contributed by atoms with Gasteiger partial charge in [-0.05, 0) is 68.8 Å². The van der Waals surface area contributed by atoms with Crippen molar-refractivity contribution in [3.63, 3.8) is 0 Å². The molecule has 21 heavy (non-hydrogen) atoms. The van der Waals surface area contributed by atoms with E-state index in [-0.39, 0.29) is 5.56 Å². The van der Waals surface area contributed by atoms with Crippen LogP contribution in [-0.4, -0.2) is 29.0 Å². The molecule has 2 atom stereocenters. The lowest BCUT2D eigenvalue weighted by atomic mass is 9.87. The van der Waals surface area contributed by atoms with E-state index in [0.29, 0.717) is 5.92 Å². The van der Waals surface area contributed by atoms with E-state index < -0.39 is 0 Å². The van der Waals surface area contributed by atoms with Crippen molar-refractivity contribution < 1.29 is 0 Å². The maximum atomic E-state index is 12.4. The number of nitrogens with zero attached hydrogens (tertiary/aromatic N) is 1. The third-order valence-corrected chi connectivity index (χ3v) is 5.39. The van der Waals surface area contributed by atoms with Crippen LogP contribution in [0.3, 0.4) is 0 Å². The zero-order chi connectivity index (χ0) is 14.4. The third kappa shape index (κ3) is 2.20. The lowest BCUT2D eigenvalue weighted by Crippen LogP contribution is -2.37. The van der Waals surface area contributed by atoms with E-state index >= 15 is 0 Å². The van der Waals surface area contributed by atoms with Crippen LogP contribution in [0.2, 0.25) is 0 Å². The van der Waals surface area contributed by atoms with Gasteiger partial charge in [-0.3, -0.25) is 4.79 Å². The lowest BCUT2D eigenvalue weighted by molar-refractivity contribution is 0.179. The van der Waals surface area contributed by atoms with Crippen LogP contribution in [0.15, 0.2) is 29.1 Å². The predicted octanol–water partition coefficient (Wildman–Crippen LogP) is 3.18. The van der Waals surface area contributed by atoms with E-state index in [4.69, 9.17) is 0 Å². The first-order valence-electron chi connectivity index (χ1n) is 8.09. The Bertz CT molecular complexity index is 734. The molecule has 110 valence electrons. The Balaban J connectivity index is 1.73. The topological polar surface area (TPSA) is 36.1 Å². The number of aromatic nitrogens is 1. The number of H-pyrrole nitrogens is 1. The first kappa shape index (κ1) is 13.1. The average molecular weight is 282 g/mol. The monoisotopic (exact) mass is 282 g/mol. The summed E-state index contributed by atoms with van der Waals surface area (Å²) in [6, 6.07) is 8.93. The average Bonchev–Trinajstić information content (AvgIpc) is 2.95. The van der Waals surface area contributed by atoms with Crippen molar-refractivity contribution >= 4 is 10.8 Å². The third-order valence-electron chi connectivity index (χ3n) is 5.39. The quantitative estimate of drug-likeness (QED) is 0.872. The van der Waals surface area contributed by atoms with Crippen LogP contribution in [0.1, 0.15) is 42.9 Å². The van der Waals surface area contributed by atoms with Crippen molar-refractivity contribution in [1.29, 1.82) is 0 Å². The molecule has 2 fully saturated rings. The molecule has 0 spiro atoms. The molecule has 0 amide bonds. The molecule has 1 aromatic carbocycles. The normalized spacial score (nSPS) is 26.1. The van der Waals surface area contributed by atoms with E-state index in [1.165, 1.54) is 44.3 Å². The van der Waals surface area contributed by atoms with Crippen LogP contribution < -0.4 is 5.56 Å². The summed E-state index contributed by atoms with van der Waals surface area (Å²) < 4.78 is 0. The molecule has 2 aliphatic heterocycles. The number of fused-ring (bicyclic) bond motifs is 2. The molecular formula is C18H22N2O. The minimum Gasteiger partial charge on any atom is -0.325 e. The molecule has 4 rings (SSSR count). The zero-order valence-electron chi connectivity index (χ0n) is 12.6. The van der Waals surface area contributed by atoms with Crippen molar-refractivity contribution in [2.45, 2.75) is 44.6 Å². The Morgan fingerprint density at radius 3 is 3.00 bits per heavy atom. The highest BCUT2D eigenvalue weighted by atomic mass is 16.1. The largest absolute Gasteiger partial charge is 0.325 e. The number of rotatable bonds is 1. The Morgan fingerprint density at radius 1 is 1.19 bits per heavy atom. The highest BCUT2D eigenvalue weighted by molar-refractivity contribution is 5.85. The van der Waals surface area contributed by atoms with Gasteiger partial charge in [-0.1, -0.05) is 12.1 Å². The number of aryl methyl sites for hydroxylation is 1. The maximum absolute atomic E-state index is 12.4. The van der Waals surface area contributed by atoms with Gasteiger partial charge in [-0.2, -0.15) is 0 Å². The molecule has 3 heterocycles. The maximum Gasteiger partial charge on any atom is 0.256 e. The molecule has 2 saturated heterocycles. The van der Waals surface area contributed by atoms with Crippen molar-refractivity contribution in [2.24, 2.45) is 0 Å². The lowest BCUT2D eigenvalue weighted by Gasteiger charge is -2.34. The molecule has 1 N–H and O–H groups in total. The SMILES string of the molecule is Cc1cccc2c(=O)[nH]c([C@@H]3CCN4CCCC4C3)cc12. The number of benzene rings is 1. The van der Waals surface area contributed by atoms with E-state index in [2.05, 4.69) is 28.9 Å². The Kier molecular flexibility index (Phi) is 3.11. The fourth-order valence-corrected chi connectivity index (χ4v) is 4.19. The van der Waals surface area contributed by atoms with Crippen molar-refractivity contribution in [2.75, 3.05) is 13.1 Å². The van der Waals surface area contributed by atoms with Crippen LogP contribution in [0.25, 0.3) is 10.8 Å². The smallest absolute Gasteiger partial charge is 0.256 e. The number of pyridine rings is 1. The minimum atomic E-state index is 0.0695. The summed E-state index contributed by atoms with van der Waals surface area (Å²) in [6.45, 7) is 4.54. The van der Waals surface area contributed by atoms with Gasteiger partial charge in [0.05, 0.1) is 0 Å². The minimum absolute atomic E-state index is 0.0695. The number of aromatic amines is 1. The molecule has 0 saturated carbocycles. The molecule has 0 aliphatic carbocycles. The number of hydrogen-bond acceptors (Lipinski definition) is 2. The van der Waals surface area contributed by atoms with E-state index in [1.807, 2.05) is 12.1 Å².